The molecule has 1 atom stereocenters. The zero-order valence-corrected chi connectivity index (χ0v) is 14.9. The van der Waals surface area contributed by atoms with Crippen molar-refractivity contribution in [2.75, 3.05) is 12.0 Å². The number of nitrogens with two attached hydrogens (primary N) is 1. The summed E-state index contributed by atoms with van der Waals surface area (Å²) in [5.74, 6) is 0.710. The van der Waals surface area contributed by atoms with Gasteiger partial charge in [0.2, 0.25) is 5.91 Å². The Labute approximate surface area is 145 Å². The molecule has 1 heterocycles. The summed E-state index contributed by atoms with van der Waals surface area (Å²) in [5.41, 5.74) is 7.53. The van der Waals surface area contributed by atoms with Gasteiger partial charge in [0.25, 0.3) is 0 Å². The number of carbonyl (C=O) groups is 1. The first-order valence-corrected chi connectivity index (χ1v) is 8.44. The number of nitrogens with one attached hydrogen (secondary N) is 1. The van der Waals surface area contributed by atoms with Crippen molar-refractivity contribution in [1.29, 1.82) is 0 Å². The van der Waals surface area contributed by atoms with Gasteiger partial charge >= 0.3 is 0 Å². The van der Waals surface area contributed by atoms with E-state index in [1.54, 1.807) is 16.4 Å². The average molecular weight is 363 g/mol. The number of nitrogens with zero attached hydrogens (tertiary/aromatic N) is 2. The summed E-state index contributed by atoms with van der Waals surface area (Å²) in [5, 5.41) is 8.76. The molecule has 0 spiro atoms. The van der Waals surface area contributed by atoms with Gasteiger partial charge in [0.05, 0.1) is 28.8 Å². The number of amides is 1. The molecule has 0 aliphatic heterocycles. The summed E-state index contributed by atoms with van der Waals surface area (Å²) < 4.78 is 1.76. The first kappa shape index (κ1) is 19.1. The molecular formula is C14H20Cl2N4OS. The standard InChI is InChI=1S/C14H19ClN4OS.ClH/c1-19-12-5-3-4-9(15)13(12)11(18-19)8-17-14(20)10(16)6-7-21-2;/h3-5,10H,6-8,16H2,1-2H3,(H,17,20);1H/t10-;/m0./s1. The van der Waals surface area contributed by atoms with Crippen LogP contribution in [0.4, 0.5) is 0 Å². The number of thioether (sulfide) groups is 1. The van der Waals surface area contributed by atoms with Crippen LogP contribution in [0.15, 0.2) is 18.2 Å². The largest absolute Gasteiger partial charge is 0.349 e. The van der Waals surface area contributed by atoms with E-state index in [2.05, 4.69) is 10.4 Å². The SMILES string of the molecule is CSCC[C@H](N)C(=O)NCc1nn(C)c2cccc(Cl)c12.Cl. The lowest BCUT2D eigenvalue weighted by atomic mass is 10.2. The number of rotatable bonds is 6. The fourth-order valence-corrected chi connectivity index (χ4v) is 2.92. The van der Waals surface area contributed by atoms with E-state index in [-0.39, 0.29) is 18.3 Å². The Morgan fingerprint density at radius 3 is 2.95 bits per heavy atom. The molecule has 0 aliphatic rings. The Morgan fingerprint density at radius 1 is 1.55 bits per heavy atom. The van der Waals surface area contributed by atoms with E-state index >= 15 is 0 Å². The second kappa shape index (κ2) is 8.62. The normalized spacial score (nSPS) is 12.0. The molecule has 2 aromatic rings. The number of halogens is 2. The maximum absolute atomic E-state index is 11.9. The van der Waals surface area contributed by atoms with Gasteiger partial charge in [-0.25, -0.2) is 0 Å². The molecule has 1 aromatic carbocycles. The number of carbonyl (C=O) groups excluding carboxylic acids is 1. The van der Waals surface area contributed by atoms with Crippen LogP contribution in [0.2, 0.25) is 5.02 Å². The molecule has 122 valence electrons. The molecule has 0 saturated heterocycles. The van der Waals surface area contributed by atoms with E-state index in [4.69, 9.17) is 17.3 Å². The minimum Gasteiger partial charge on any atom is -0.349 e. The van der Waals surface area contributed by atoms with Crippen LogP contribution in [0.1, 0.15) is 12.1 Å². The molecule has 1 amide bonds. The number of aryl methyl sites for hydroxylation is 1. The van der Waals surface area contributed by atoms with E-state index < -0.39 is 6.04 Å². The number of hydrogen-bond acceptors (Lipinski definition) is 4. The van der Waals surface area contributed by atoms with Gasteiger partial charge in [0.1, 0.15) is 0 Å². The van der Waals surface area contributed by atoms with Crippen molar-refractivity contribution in [3.8, 4) is 0 Å². The lowest BCUT2D eigenvalue weighted by molar-refractivity contribution is -0.122. The maximum Gasteiger partial charge on any atom is 0.237 e. The molecule has 0 aliphatic carbocycles. The second-order valence-corrected chi connectivity index (χ2v) is 6.20. The minimum absolute atomic E-state index is 0. The van der Waals surface area contributed by atoms with Crippen LogP contribution in [0.5, 0.6) is 0 Å². The third kappa shape index (κ3) is 4.29. The van der Waals surface area contributed by atoms with Crippen LogP contribution >= 0.6 is 35.8 Å². The lowest BCUT2D eigenvalue weighted by Gasteiger charge is -2.10. The number of benzene rings is 1. The molecule has 0 fully saturated rings. The third-order valence-corrected chi connectivity index (χ3v) is 4.26. The first-order valence-electron chi connectivity index (χ1n) is 6.67. The molecule has 1 aromatic heterocycles. The highest BCUT2D eigenvalue weighted by Gasteiger charge is 2.15. The van der Waals surface area contributed by atoms with Gasteiger partial charge in [-0.2, -0.15) is 16.9 Å². The summed E-state index contributed by atoms with van der Waals surface area (Å²) in [4.78, 5) is 11.9. The van der Waals surface area contributed by atoms with E-state index in [1.807, 2.05) is 31.5 Å². The molecule has 0 bridgehead atoms. The van der Waals surface area contributed by atoms with Gasteiger partial charge in [-0.1, -0.05) is 17.7 Å². The number of hydrogen-bond donors (Lipinski definition) is 2. The minimum atomic E-state index is -0.483. The Morgan fingerprint density at radius 2 is 2.27 bits per heavy atom. The Hall–Kier alpha value is -0.950. The quantitative estimate of drug-likeness (QED) is 0.826. The number of fused-ring (bicyclic) bond motifs is 1. The smallest absolute Gasteiger partial charge is 0.237 e. The van der Waals surface area contributed by atoms with E-state index in [0.29, 0.717) is 18.0 Å². The molecule has 8 heteroatoms. The average Bonchev–Trinajstić information content (AvgIpc) is 2.80. The van der Waals surface area contributed by atoms with E-state index in [0.717, 1.165) is 22.3 Å². The van der Waals surface area contributed by atoms with Gasteiger partial charge in [-0.15, -0.1) is 12.4 Å². The molecular weight excluding hydrogens is 343 g/mol. The maximum atomic E-state index is 11.9. The summed E-state index contributed by atoms with van der Waals surface area (Å²) in [7, 11) is 1.86. The molecule has 0 radical (unpaired) electrons. The van der Waals surface area contributed by atoms with Crippen molar-refractivity contribution < 1.29 is 4.79 Å². The molecule has 0 saturated carbocycles. The zero-order chi connectivity index (χ0) is 15.4. The van der Waals surface area contributed by atoms with Crippen LogP contribution in [0.3, 0.4) is 0 Å². The highest BCUT2D eigenvalue weighted by Crippen LogP contribution is 2.26. The second-order valence-electron chi connectivity index (χ2n) is 4.81. The van der Waals surface area contributed by atoms with Gasteiger partial charge in [-0.3, -0.25) is 9.48 Å². The van der Waals surface area contributed by atoms with Gasteiger partial charge in [-0.05, 0) is 30.6 Å². The van der Waals surface area contributed by atoms with Crippen LogP contribution in [0, 0.1) is 0 Å². The van der Waals surface area contributed by atoms with Crippen LogP contribution in [0.25, 0.3) is 10.9 Å². The highest BCUT2D eigenvalue weighted by molar-refractivity contribution is 7.98. The zero-order valence-electron chi connectivity index (χ0n) is 12.5. The van der Waals surface area contributed by atoms with Gasteiger partial charge < -0.3 is 11.1 Å². The van der Waals surface area contributed by atoms with Gasteiger partial charge in [0, 0.05) is 12.4 Å². The van der Waals surface area contributed by atoms with Crippen LogP contribution < -0.4 is 11.1 Å². The summed E-state index contributed by atoms with van der Waals surface area (Å²) >= 11 is 7.90. The van der Waals surface area contributed by atoms with E-state index in [1.165, 1.54) is 0 Å². The predicted octanol–water partition coefficient (Wildman–Crippen LogP) is 2.35. The van der Waals surface area contributed by atoms with Crippen LogP contribution in [-0.4, -0.2) is 33.7 Å². The molecule has 22 heavy (non-hydrogen) atoms. The molecule has 5 nitrogen and oxygen atoms in total. The third-order valence-electron chi connectivity index (χ3n) is 3.30. The van der Waals surface area contributed by atoms with Crippen molar-refractivity contribution in [2.45, 2.75) is 19.0 Å². The Bertz CT molecular complexity index is 647. The lowest BCUT2D eigenvalue weighted by Crippen LogP contribution is -2.40. The Kier molecular flexibility index (Phi) is 7.48. The predicted molar refractivity (Wildman–Crippen MR) is 95.8 cm³/mol. The molecule has 0 unspecified atom stereocenters. The number of aromatic nitrogens is 2. The fourth-order valence-electron chi connectivity index (χ4n) is 2.15. The van der Waals surface area contributed by atoms with Crippen molar-refractivity contribution in [3.63, 3.8) is 0 Å². The summed E-state index contributed by atoms with van der Waals surface area (Å²) in [6.07, 6.45) is 2.66. The molecule has 2 rings (SSSR count). The monoisotopic (exact) mass is 362 g/mol. The summed E-state index contributed by atoms with van der Waals surface area (Å²) in [6.45, 7) is 0.326. The topological polar surface area (TPSA) is 72.9 Å². The van der Waals surface area contributed by atoms with E-state index in [9.17, 15) is 4.79 Å². The fraction of sp³-hybridized carbons (Fsp3) is 0.429. The van der Waals surface area contributed by atoms with Crippen molar-refractivity contribution in [2.24, 2.45) is 12.8 Å². The van der Waals surface area contributed by atoms with Crippen molar-refractivity contribution in [3.05, 3.63) is 28.9 Å². The van der Waals surface area contributed by atoms with Crippen LogP contribution in [-0.2, 0) is 18.4 Å². The van der Waals surface area contributed by atoms with Crippen molar-refractivity contribution in [1.82, 2.24) is 15.1 Å². The Balaban J connectivity index is 0.00000242. The van der Waals surface area contributed by atoms with Gasteiger partial charge in [0.15, 0.2) is 0 Å². The highest BCUT2D eigenvalue weighted by atomic mass is 35.5. The van der Waals surface area contributed by atoms with Crippen molar-refractivity contribution >= 4 is 52.6 Å². The first-order chi connectivity index (χ1) is 10.0. The summed E-state index contributed by atoms with van der Waals surface area (Å²) in [6, 6.07) is 5.17. The molecule has 3 N–H and O–H groups in total.